The fourth-order valence-electron chi connectivity index (χ4n) is 1.37. The van der Waals surface area contributed by atoms with Crippen LogP contribution in [0.1, 0.15) is 42.2 Å². The maximum atomic E-state index is 11.6. The van der Waals surface area contributed by atoms with Crippen molar-refractivity contribution in [2.75, 3.05) is 6.54 Å². The third-order valence-corrected chi connectivity index (χ3v) is 3.33. The summed E-state index contributed by atoms with van der Waals surface area (Å²) < 4.78 is 0. The van der Waals surface area contributed by atoms with Gasteiger partial charge in [-0.15, -0.1) is 11.3 Å². The Kier molecular flexibility index (Phi) is 4.75. The maximum Gasteiger partial charge on any atom is 0.270 e. The molecule has 0 radical (unpaired) electrons. The van der Waals surface area contributed by atoms with E-state index in [4.69, 9.17) is 0 Å². The van der Waals surface area contributed by atoms with Crippen molar-refractivity contribution in [1.82, 2.24) is 10.3 Å². The summed E-state index contributed by atoms with van der Waals surface area (Å²) in [6.45, 7) is 6.95. The zero-order valence-electron chi connectivity index (χ0n) is 9.54. The molecule has 0 saturated heterocycles. The number of hydrogen-bond acceptors (Lipinski definition) is 3. The van der Waals surface area contributed by atoms with Crippen LogP contribution in [0.3, 0.4) is 0 Å². The first kappa shape index (κ1) is 12.2. The van der Waals surface area contributed by atoms with E-state index < -0.39 is 0 Å². The molecule has 0 atom stereocenters. The number of nitrogens with zero attached hydrogens (tertiary/aromatic N) is 1. The molecule has 1 rings (SSSR count). The summed E-state index contributed by atoms with van der Waals surface area (Å²) in [5, 5.41) is 5.66. The number of aryl methyl sites for hydroxylation is 1. The first-order chi connectivity index (χ1) is 7.17. The van der Waals surface area contributed by atoms with Crippen molar-refractivity contribution in [2.45, 2.75) is 33.6 Å². The molecule has 3 nitrogen and oxygen atoms in total. The molecule has 0 fully saturated rings. The number of aromatic nitrogens is 1. The van der Waals surface area contributed by atoms with Crippen LogP contribution >= 0.6 is 11.3 Å². The third kappa shape index (κ3) is 3.63. The highest BCUT2D eigenvalue weighted by Gasteiger charge is 2.10. The predicted octanol–water partition coefficient (Wildman–Crippen LogP) is 2.62. The van der Waals surface area contributed by atoms with Gasteiger partial charge in [0.05, 0.1) is 5.01 Å². The molecule has 1 aromatic heterocycles. The quantitative estimate of drug-likeness (QED) is 0.838. The number of rotatable bonds is 5. The highest BCUT2D eigenvalue weighted by molar-refractivity contribution is 7.09. The van der Waals surface area contributed by atoms with E-state index in [0.29, 0.717) is 11.6 Å². The summed E-state index contributed by atoms with van der Waals surface area (Å²) in [7, 11) is 0. The summed E-state index contributed by atoms with van der Waals surface area (Å²) in [5.74, 6) is 0.528. The number of nitrogens with one attached hydrogen (secondary N) is 1. The highest BCUT2D eigenvalue weighted by Crippen LogP contribution is 2.09. The SMILES string of the molecule is CCC(CC)CNC(=O)c1csc(C)n1. The van der Waals surface area contributed by atoms with Gasteiger partial charge < -0.3 is 5.32 Å². The Bertz CT molecular complexity index is 318. The summed E-state index contributed by atoms with van der Waals surface area (Å²) in [6, 6.07) is 0. The summed E-state index contributed by atoms with van der Waals surface area (Å²) in [4.78, 5) is 15.8. The Morgan fingerprint density at radius 3 is 2.67 bits per heavy atom. The molecule has 0 aliphatic carbocycles. The minimum atomic E-state index is -0.0498. The van der Waals surface area contributed by atoms with Gasteiger partial charge >= 0.3 is 0 Å². The molecule has 1 amide bonds. The fraction of sp³-hybridized carbons (Fsp3) is 0.636. The van der Waals surface area contributed by atoms with Crippen molar-refractivity contribution in [3.05, 3.63) is 16.1 Å². The molecule has 1 aromatic rings. The van der Waals surface area contributed by atoms with Gasteiger partial charge in [-0.3, -0.25) is 4.79 Å². The molecule has 0 bridgehead atoms. The van der Waals surface area contributed by atoms with Gasteiger partial charge in [0, 0.05) is 11.9 Å². The second-order valence-electron chi connectivity index (χ2n) is 3.64. The minimum absolute atomic E-state index is 0.0498. The largest absolute Gasteiger partial charge is 0.350 e. The Morgan fingerprint density at radius 1 is 1.53 bits per heavy atom. The molecule has 1 N–H and O–H groups in total. The number of hydrogen-bond donors (Lipinski definition) is 1. The van der Waals surface area contributed by atoms with E-state index >= 15 is 0 Å². The normalized spacial score (nSPS) is 10.7. The lowest BCUT2D eigenvalue weighted by molar-refractivity contribution is 0.0942. The van der Waals surface area contributed by atoms with E-state index in [2.05, 4.69) is 24.1 Å². The smallest absolute Gasteiger partial charge is 0.270 e. The molecule has 0 unspecified atom stereocenters. The van der Waals surface area contributed by atoms with Gasteiger partial charge in [0.15, 0.2) is 0 Å². The van der Waals surface area contributed by atoms with E-state index in [1.165, 1.54) is 11.3 Å². The van der Waals surface area contributed by atoms with Crippen molar-refractivity contribution >= 4 is 17.2 Å². The summed E-state index contributed by atoms with van der Waals surface area (Å²) >= 11 is 1.51. The maximum absolute atomic E-state index is 11.6. The second kappa shape index (κ2) is 5.85. The molecule has 0 saturated carbocycles. The van der Waals surface area contributed by atoms with Crippen LogP contribution in [-0.2, 0) is 0 Å². The van der Waals surface area contributed by atoms with Crippen LogP contribution in [0.15, 0.2) is 5.38 Å². The highest BCUT2D eigenvalue weighted by atomic mass is 32.1. The van der Waals surface area contributed by atoms with Crippen molar-refractivity contribution in [1.29, 1.82) is 0 Å². The Balaban J connectivity index is 2.42. The van der Waals surface area contributed by atoms with Gasteiger partial charge in [0.1, 0.15) is 5.69 Å². The number of thiazole rings is 1. The Hall–Kier alpha value is -0.900. The zero-order chi connectivity index (χ0) is 11.3. The van der Waals surface area contributed by atoms with Gasteiger partial charge in [-0.05, 0) is 12.8 Å². The lowest BCUT2D eigenvalue weighted by Gasteiger charge is -2.12. The third-order valence-electron chi connectivity index (χ3n) is 2.56. The lowest BCUT2D eigenvalue weighted by Crippen LogP contribution is -2.29. The van der Waals surface area contributed by atoms with Crippen LogP contribution in [0.5, 0.6) is 0 Å². The minimum Gasteiger partial charge on any atom is -0.350 e. The monoisotopic (exact) mass is 226 g/mol. The van der Waals surface area contributed by atoms with E-state index in [9.17, 15) is 4.79 Å². The summed E-state index contributed by atoms with van der Waals surface area (Å²) in [5.41, 5.74) is 0.545. The summed E-state index contributed by atoms with van der Waals surface area (Å²) in [6.07, 6.45) is 2.21. The van der Waals surface area contributed by atoms with Gasteiger partial charge in [-0.2, -0.15) is 0 Å². The molecule has 0 aliphatic rings. The number of amides is 1. The van der Waals surface area contributed by atoms with E-state index in [1.54, 1.807) is 5.38 Å². The fourth-order valence-corrected chi connectivity index (χ4v) is 1.97. The van der Waals surface area contributed by atoms with Crippen LogP contribution < -0.4 is 5.32 Å². The molecule has 1 heterocycles. The Morgan fingerprint density at radius 2 is 2.20 bits per heavy atom. The molecule has 0 aliphatic heterocycles. The first-order valence-corrected chi connectivity index (χ1v) is 6.25. The predicted molar refractivity (Wildman–Crippen MR) is 63.3 cm³/mol. The molecular weight excluding hydrogens is 208 g/mol. The van der Waals surface area contributed by atoms with Gasteiger partial charge in [0.2, 0.25) is 0 Å². The van der Waals surface area contributed by atoms with E-state index in [1.807, 2.05) is 6.92 Å². The number of carbonyl (C=O) groups excluding carboxylic acids is 1. The van der Waals surface area contributed by atoms with Gasteiger partial charge in [0.25, 0.3) is 5.91 Å². The molecular formula is C11H18N2OS. The van der Waals surface area contributed by atoms with Crippen molar-refractivity contribution in [2.24, 2.45) is 5.92 Å². The van der Waals surface area contributed by atoms with Crippen LogP contribution in [-0.4, -0.2) is 17.4 Å². The van der Waals surface area contributed by atoms with E-state index in [-0.39, 0.29) is 5.91 Å². The van der Waals surface area contributed by atoms with Crippen LogP contribution in [0.2, 0.25) is 0 Å². The van der Waals surface area contributed by atoms with Crippen molar-refractivity contribution in [3.63, 3.8) is 0 Å². The van der Waals surface area contributed by atoms with Crippen molar-refractivity contribution < 1.29 is 4.79 Å². The second-order valence-corrected chi connectivity index (χ2v) is 4.71. The average Bonchev–Trinajstić information content (AvgIpc) is 2.66. The number of carbonyl (C=O) groups is 1. The first-order valence-electron chi connectivity index (χ1n) is 5.37. The molecule has 84 valence electrons. The van der Waals surface area contributed by atoms with Crippen molar-refractivity contribution in [3.8, 4) is 0 Å². The molecule has 15 heavy (non-hydrogen) atoms. The van der Waals surface area contributed by atoms with Crippen LogP contribution in [0, 0.1) is 12.8 Å². The van der Waals surface area contributed by atoms with Gasteiger partial charge in [-0.25, -0.2) is 4.98 Å². The van der Waals surface area contributed by atoms with E-state index in [0.717, 1.165) is 24.4 Å². The van der Waals surface area contributed by atoms with Gasteiger partial charge in [-0.1, -0.05) is 26.7 Å². The average molecular weight is 226 g/mol. The van der Waals surface area contributed by atoms with Crippen LogP contribution in [0.4, 0.5) is 0 Å². The topological polar surface area (TPSA) is 42.0 Å². The molecule has 0 spiro atoms. The van der Waals surface area contributed by atoms with Crippen LogP contribution in [0.25, 0.3) is 0 Å². The Labute approximate surface area is 94.9 Å². The standard InChI is InChI=1S/C11H18N2OS/c1-4-9(5-2)6-12-11(14)10-7-15-8(3)13-10/h7,9H,4-6H2,1-3H3,(H,12,14). The lowest BCUT2D eigenvalue weighted by atomic mass is 10.0. The molecule has 0 aromatic carbocycles. The molecule has 4 heteroatoms. The zero-order valence-corrected chi connectivity index (χ0v) is 10.4.